The number of hydrogen-bond acceptors (Lipinski definition) is 1. The average Bonchev–Trinajstić information content (AvgIpc) is 1.98. The average molecular weight is 272 g/mol. The Morgan fingerprint density at radius 1 is 1.56 bits per heavy atom. The van der Waals surface area contributed by atoms with Crippen molar-refractivity contribution >= 4 is 43.6 Å². The van der Waals surface area contributed by atoms with E-state index < -0.39 is 0 Å². The summed E-state index contributed by atoms with van der Waals surface area (Å²) in [5, 5.41) is 0. The van der Waals surface area contributed by atoms with E-state index in [-0.39, 0.29) is 0 Å². The van der Waals surface area contributed by atoms with Gasteiger partial charge in [0, 0.05) is 5.92 Å². The van der Waals surface area contributed by atoms with E-state index in [9.17, 15) is 0 Å². The van der Waals surface area contributed by atoms with Gasteiger partial charge in [-0.15, -0.1) is 11.8 Å². The van der Waals surface area contributed by atoms with Crippen molar-refractivity contribution in [3.05, 3.63) is 9.39 Å². The van der Waals surface area contributed by atoms with Crippen molar-refractivity contribution in [1.82, 2.24) is 0 Å². The summed E-state index contributed by atoms with van der Waals surface area (Å²) in [5.41, 5.74) is 1.46. The highest BCUT2D eigenvalue weighted by Gasteiger charge is 2.26. The van der Waals surface area contributed by atoms with Crippen molar-refractivity contribution in [2.75, 3.05) is 0 Å². The topological polar surface area (TPSA) is 0 Å². The Kier molecular flexibility index (Phi) is 2.69. The van der Waals surface area contributed by atoms with E-state index >= 15 is 0 Å². The maximum absolute atomic E-state index is 3.58. The molecule has 1 rings (SSSR count). The lowest BCUT2D eigenvalue weighted by Gasteiger charge is -2.06. The maximum Gasteiger partial charge on any atom is 0.0715 e. The molecule has 2 atom stereocenters. The third-order valence-electron chi connectivity index (χ3n) is 1.60. The zero-order valence-corrected chi connectivity index (χ0v) is 9.31. The number of hydrogen-bond donors (Lipinski definition) is 0. The van der Waals surface area contributed by atoms with Crippen molar-refractivity contribution in [1.29, 1.82) is 0 Å². The molecule has 0 aromatic heterocycles. The van der Waals surface area contributed by atoms with Crippen LogP contribution in [0.4, 0.5) is 0 Å². The Morgan fingerprint density at radius 3 is 2.22 bits per heavy atom. The summed E-state index contributed by atoms with van der Waals surface area (Å²) in [5.74, 6) is 0.671. The summed E-state index contributed by atoms with van der Waals surface area (Å²) in [6.45, 7) is 4.40. The van der Waals surface area contributed by atoms with Crippen LogP contribution in [0.3, 0.4) is 0 Å². The minimum atomic E-state index is 0.576. The third-order valence-corrected chi connectivity index (χ3v) is 5.30. The Morgan fingerprint density at radius 2 is 2.11 bits per heavy atom. The lowest BCUT2D eigenvalue weighted by atomic mass is 10.1. The lowest BCUT2D eigenvalue weighted by Crippen LogP contribution is -2.00. The minimum Gasteiger partial charge on any atom is -0.103 e. The second kappa shape index (κ2) is 2.97. The van der Waals surface area contributed by atoms with Gasteiger partial charge < -0.3 is 0 Å². The van der Waals surface area contributed by atoms with Gasteiger partial charge in [-0.2, -0.15) is 0 Å². The van der Waals surface area contributed by atoms with Crippen LogP contribution in [0.15, 0.2) is 9.39 Å². The standard InChI is InChI=1S/C6H8Br2S/c1-3-4(2)6(8)9-5(3)7/h3,5H,1-2H3. The van der Waals surface area contributed by atoms with Crippen molar-refractivity contribution in [3.63, 3.8) is 0 Å². The predicted octanol–water partition coefficient (Wildman–Crippen LogP) is 3.72. The largest absolute Gasteiger partial charge is 0.103 e. The van der Waals surface area contributed by atoms with Crippen LogP contribution in [0.25, 0.3) is 0 Å². The van der Waals surface area contributed by atoms with E-state index in [1.807, 2.05) is 11.8 Å². The van der Waals surface area contributed by atoms with Crippen LogP contribution in [0.1, 0.15) is 13.8 Å². The Labute approximate surface area is 76.7 Å². The molecular weight excluding hydrogens is 264 g/mol. The molecule has 0 radical (unpaired) electrons. The van der Waals surface area contributed by atoms with Crippen LogP contribution in [-0.2, 0) is 0 Å². The van der Waals surface area contributed by atoms with Gasteiger partial charge in [0.25, 0.3) is 0 Å². The molecule has 0 spiro atoms. The highest BCUT2D eigenvalue weighted by molar-refractivity contribution is 9.15. The van der Waals surface area contributed by atoms with Gasteiger partial charge >= 0.3 is 0 Å². The molecular formula is C6H8Br2S. The zero-order chi connectivity index (χ0) is 7.02. The molecule has 0 bridgehead atoms. The SMILES string of the molecule is CC1=C(Br)SC(Br)C1C. The highest BCUT2D eigenvalue weighted by atomic mass is 79.9. The summed E-state index contributed by atoms with van der Waals surface area (Å²) in [6.07, 6.45) is 0. The second-order valence-corrected chi connectivity index (χ2v) is 6.28. The van der Waals surface area contributed by atoms with E-state index in [0.717, 1.165) is 0 Å². The van der Waals surface area contributed by atoms with Gasteiger partial charge in [-0.3, -0.25) is 0 Å². The summed E-state index contributed by atoms with van der Waals surface area (Å²) in [6, 6.07) is 0. The summed E-state index contributed by atoms with van der Waals surface area (Å²) in [4.78, 5) is 0. The predicted molar refractivity (Wildman–Crippen MR) is 51.1 cm³/mol. The maximum atomic E-state index is 3.58. The minimum absolute atomic E-state index is 0.576. The summed E-state index contributed by atoms with van der Waals surface area (Å²) < 4.78 is 1.88. The van der Waals surface area contributed by atoms with E-state index in [1.54, 1.807) is 0 Å². The van der Waals surface area contributed by atoms with Gasteiger partial charge in [-0.05, 0) is 28.4 Å². The monoisotopic (exact) mass is 270 g/mol. The van der Waals surface area contributed by atoms with Crippen LogP contribution in [0.5, 0.6) is 0 Å². The quantitative estimate of drug-likeness (QED) is 0.605. The number of thioether (sulfide) groups is 1. The first-order valence-electron chi connectivity index (χ1n) is 2.80. The van der Waals surface area contributed by atoms with E-state index in [2.05, 4.69) is 45.7 Å². The van der Waals surface area contributed by atoms with Gasteiger partial charge in [0.1, 0.15) is 0 Å². The van der Waals surface area contributed by atoms with Crippen LogP contribution in [-0.4, -0.2) is 4.16 Å². The highest BCUT2D eigenvalue weighted by Crippen LogP contribution is 2.47. The van der Waals surface area contributed by atoms with Crippen LogP contribution >= 0.6 is 43.6 Å². The number of alkyl halides is 1. The Bertz CT molecular complexity index is 153. The molecule has 0 fully saturated rings. The molecule has 0 amide bonds. The first kappa shape index (κ1) is 8.15. The Balaban J connectivity index is 2.74. The molecule has 0 saturated heterocycles. The summed E-state index contributed by atoms with van der Waals surface area (Å²) >= 11 is 8.92. The molecule has 0 saturated carbocycles. The molecule has 3 heteroatoms. The molecule has 2 unspecified atom stereocenters. The van der Waals surface area contributed by atoms with Crippen molar-refractivity contribution in [2.45, 2.75) is 18.0 Å². The molecule has 1 heterocycles. The molecule has 0 aromatic rings. The number of halogens is 2. The zero-order valence-electron chi connectivity index (χ0n) is 5.32. The van der Waals surface area contributed by atoms with E-state index in [0.29, 0.717) is 10.1 Å². The molecule has 52 valence electrons. The fraction of sp³-hybridized carbons (Fsp3) is 0.667. The van der Waals surface area contributed by atoms with Crippen molar-refractivity contribution in [2.24, 2.45) is 5.92 Å². The smallest absolute Gasteiger partial charge is 0.0715 e. The first-order chi connectivity index (χ1) is 4.13. The third kappa shape index (κ3) is 1.55. The van der Waals surface area contributed by atoms with Crippen LogP contribution < -0.4 is 0 Å². The van der Waals surface area contributed by atoms with Crippen LogP contribution in [0, 0.1) is 5.92 Å². The lowest BCUT2D eigenvalue weighted by molar-refractivity contribution is 0.775. The summed E-state index contributed by atoms with van der Waals surface area (Å²) in [7, 11) is 0. The van der Waals surface area contributed by atoms with E-state index in [4.69, 9.17) is 0 Å². The van der Waals surface area contributed by atoms with E-state index in [1.165, 1.54) is 9.39 Å². The fourth-order valence-electron chi connectivity index (χ4n) is 0.669. The molecule has 1 aliphatic rings. The van der Waals surface area contributed by atoms with Gasteiger partial charge in [0.05, 0.1) is 7.97 Å². The molecule has 0 aromatic carbocycles. The second-order valence-electron chi connectivity index (χ2n) is 2.21. The first-order valence-corrected chi connectivity index (χ1v) is 5.38. The van der Waals surface area contributed by atoms with Crippen molar-refractivity contribution in [3.8, 4) is 0 Å². The molecule has 0 nitrogen and oxygen atoms in total. The van der Waals surface area contributed by atoms with Gasteiger partial charge in [0.15, 0.2) is 0 Å². The number of allylic oxidation sites excluding steroid dienone is 1. The molecule has 1 aliphatic heterocycles. The number of rotatable bonds is 0. The molecule has 9 heavy (non-hydrogen) atoms. The van der Waals surface area contributed by atoms with Gasteiger partial charge in [-0.25, -0.2) is 0 Å². The van der Waals surface area contributed by atoms with Gasteiger partial charge in [0.2, 0.25) is 0 Å². The normalized spacial score (nSPS) is 36.0. The Hall–Kier alpha value is 1.05. The molecule has 0 aliphatic carbocycles. The fourth-order valence-corrected chi connectivity index (χ4v) is 4.32. The van der Waals surface area contributed by atoms with Crippen molar-refractivity contribution < 1.29 is 0 Å². The van der Waals surface area contributed by atoms with Gasteiger partial charge in [-0.1, -0.05) is 22.9 Å². The van der Waals surface area contributed by atoms with Crippen LogP contribution in [0.2, 0.25) is 0 Å². The molecule has 0 N–H and O–H groups in total.